The number of hydrogen-bond acceptors (Lipinski definition) is 10. The highest BCUT2D eigenvalue weighted by molar-refractivity contribution is 7.15. The van der Waals surface area contributed by atoms with Crippen molar-refractivity contribution in [3.05, 3.63) is 128 Å². The van der Waals surface area contributed by atoms with Crippen LogP contribution in [0.2, 0.25) is 0 Å². The van der Waals surface area contributed by atoms with Crippen LogP contribution in [0.1, 0.15) is 114 Å². The standard InChI is InChI=1S/C49H52N8O4S2/c1-26(30-11-19-34(20-12-30)42-27(2)50-25-62-42)52-46(60)38-23-36(58)24-56(38)47(61)43(49(5,6)7)53-45(59)35-21-15-32(16-22-35)31-13-17-33(18-14-31)41-40-37-9-8-10-39(37)63-48(40)57-29(4)54-55-44(57)28(3)51-41/h11-22,25-26,28,36,38,43,58H,8-10,23-24H2,1-7H3,(H,52,60)(H,53,59)/t26-,28?,36+,38-,43+/m0/s1. The molecular weight excluding hydrogens is 829 g/mol. The highest BCUT2D eigenvalue weighted by atomic mass is 32.1. The van der Waals surface area contributed by atoms with Crippen molar-refractivity contribution in [1.82, 2.24) is 35.3 Å². The van der Waals surface area contributed by atoms with Crippen LogP contribution in [0.25, 0.3) is 26.6 Å². The lowest BCUT2D eigenvalue weighted by molar-refractivity contribution is -0.142. The van der Waals surface area contributed by atoms with E-state index in [0.717, 1.165) is 80.0 Å². The van der Waals surface area contributed by atoms with E-state index in [-0.39, 0.29) is 31.0 Å². The fourth-order valence-electron chi connectivity index (χ4n) is 9.09. The van der Waals surface area contributed by atoms with Gasteiger partial charge in [0.15, 0.2) is 5.82 Å². The molecular formula is C49H52N8O4S2. The zero-order chi connectivity index (χ0) is 44.3. The highest BCUT2D eigenvalue weighted by Gasteiger charge is 2.45. The summed E-state index contributed by atoms with van der Waals surface area (Å²) in [5.74, 6) is 0.561. The third-order valence-electron chi connectivity index (χ3n) is 12.6. The topological polar surface area (TPSA) is 155 Å². The lowest BCUT2D eigenvalue weighted by Crippen LogP contribution is -2.57. The molecule has 5 atom stereocenters. The highest BCUT2D eigenvalue weighted by Crippen LogP contribution is 2.43. The summed E-state index contributed by atoms with van der Waals surface area (Å²) in [5, 5.41) is 26.9. The van der Waals surface area contributed by atoms with Crippen molar-refractivity contribution in [1.29, 1.82) is 0 Å². The summed E-state index contributed by atoms with van der Waals surface area (Å²) in [6.45, 7) is 13.6. The normalized spacial score (nSPS) is 19.1. The van der Waals surface area contributed by atoms with Gasteiger partial charge < -0.3 is 20.6 Å². The smallest absolute Gasteiger partial charge is 0.251 e. The summed E-state index contributed by atoms with van der Waals surface area (Å²) in [6.07, 6.45) is 2.51. The molecule has 2 aliphatic heterocycles. The largest absolute Gasteiger partial charge is 0.391 e. The number of hydrogen-bond donors (Lipinski definition) is 3. The van der Waals surface area contributed by atoms with E-state index >= 15 is 0 Å². The quantitative estimate of drug-likeness (QED) is 0.133. The first-order chi connectivity index (χ1) is 30.2. The van der Waals surface area contributed by atoms with Crippen LogP contribution in [0.15, 0.2) is 83.3 Å². The van der Waals surface area contributed by atoms with Crippen molar-refractivity contribution in [3.8, 4) is 26.6 Å². The van der Waals surface area contributed by atoms with Crippen LogP contribution in [-0.4, -0.2) is 77.9 Å². The van der Waals surface area contributed by atoms with Gasteiger partial charge in [-0.1, -0.05) is 81.4 Å². The first-order valence-electron chi connectivity index (χ1n) is 21.6. The first kappa shape index (κ1) is 42.5. The van der Waals surface area contributed by atoms with E-state index in [1.165, 1.54) is 20.9 Å². The van der Waals surface area contributed by atoms with Crippen molar-refractivity contribution in [3.63, 3.8) is 0 Å². The summed E-state index contributed by atoms with van der Waals surface area (Å²) in [7, 11) is 0. The average molecular weight is 881 g/mol. The van der Waals surface area contributed by atoms with Gasteiger partial charge in [-0.2, -0.15) is 0 Å². The van der Waals surface area contributed by atoms with Crippen molar-refractivity contribution < 1.29 is 19.5 Å². The Balaban J connectivity index is 0.879. The van der Waals surface area contributed by atoms with Gasteiger partial charge in [0.05, 0.1) is 33.9 Å². The van der Waals surface area contributed by atoms with Crippen LogP contribution in [-0.2, 0) is 22.4 Å². The van der Waals surface area contributed by atoms with Gasteiger partial charge in [0.1, 0.15) is 29.0 Å². The summed E-state index contributed by atoms with van der Waals surface area (Å²) in [5.41, 5.74) is 11.0. The molecule has 1 unspecified atom stereocenters. The number of carbonyl (C=O) groups is 3. The van der Waals surface area contributed by atoms with E-state index in [9.17, 15) is 19.5 Å². The molecule has 1 fully saturated rings. The van der Waals surface area contributed by atoms with Gasteiger partial charge >= 0.3 is 0 Å². The van der Waals surface area contributed by atoms with Gasteiger partial charge in [-0.3, -0.25) is 23.9 Å². The van der Waals surface area contributed by atoms with Crippen molar-refractivity contribution >= 4 is 46.1 Å². The van der Waals surface area contributed by atoms with Crippen molar-refractivity contribution in [2.45, 2.75) is 104 Å². The molecule has 0 spiro atoms. The second-order valence-corrected chi connectivity index (χ2v) is 20.0. The number of aliphatic hydroxyl groups is 1. The number of aliphatic hydroxyl groups excluding tert-OH is 1. The monoisotopic (exact) mass is 880 g/mol. The second-order valence-electron chi connectivity index (χ2n) is 18.1. The number of nitrogens with one attached hydrogen (secondary N) is 2. The minimum absolute atomic E-state index is 0.00460. The van der Waals surface area contributed by atoms with E-state index in [1.54, 1.807) is 23.5 Å². The van der Waals surface area contributed by atoms with Crippen LogP contribution in [0.5, 0.6) is 0 Å². The summed E-state index contributed by atoms with van der Waals surface area (Å²) in [6, 6.07) is 21.4. The number of aromatic nitrogens is 4. The first-order valence-corrected chi connectivity index (χ1v) is 23.3. The lowest BCUT2D eigenvalue weighted by atomic mass is 9.85. The number of β-amino-alcohol motifs (C(OH)–C–C–N with tert-alkyl or cyclic N) is 1. The lowest BCUT2D eigenvalue weighted by Gasteiger charge is -2.35. The SMILES string of the molecule is Cc1ncsc1-c1ccc([C@H](C)NC(=O)[C@@H]2C[C@@H](O)CN2C(=O)[C@@H](NC(=O)c2ccc(-c3ccc(C4=NC(C)c5nnc(C)n5-c5sc6c(c54)CCC6)cc3)cc2)C(C)(C)C)cc1. The third-order valence-corrected chi connectivity index (χ3v) is 14.8. The molecule has 0 radical (unpaired) electrons. The fraction of sp³-hybridized carbons (Fsp3) is 0.367. The molecule has 0 saturated carbocycles. The molecule has 3 aliphatic rings. The summed E-state index contributed by atoms with van der Waals surface area (Å²) in [4.78, 5) is 55.5. The number of thiazole rings is 1. The van der Waals surface area contributed by atoms with Crippen molar-refractivity contribution in [2.75, 3.05) is 6.54 Å². The molecule has 5 heterocycles. The minimum atomic E-state index is -0.961. The van der Waals surface area contributed by atoms with E-state index in [2.05, 4.69) is 61.6 Å². The summed E-state index contributed by atoms with van der Waals surface area (Å²) < 4.78 is 2.19. The Morgan fingerprint density at radius 1 is 0.873 bits per heavy atom. The third kappa shape index (κ3) is 8.04. The molecule has 6 aromatic rings. The zero-order valence-electron chi connectivity index (χ0n) is 36.6. The molecule has 3 amide bonds. The molecule has 0 bridgehead atoms. The minimum Gasteiger partial charge on any atom is -0.391 e. The van der Waals surface area contributed by atoms with Crippen LogP contribution >= 0.6 is 22.7 Å². The van der Waals surface area contributed by atoms with Gasteiger partial charge in [-0.15, -0.1) is 32.9 Å². The Kier molecular flexibility index (Phi) is 11.3. The number of aliphatic imine (C=N–C) groups is 1. The van der Waals surface area contributed by atoms with Crippen molar-refractivity contribution in [2.24, 2.45) is 10.4 Å². The maximum atomic E-state index is 14.3. The number of benzene rings is 3. The van der Waals surface area contributed by atoms with Crippen LogP contribution in [0, 0.1) is 19.3 Å². The molecule has 63 heavy (non-hydrogen) atoms. The van der Waals surface area contributed by atoms with Gasteiger partial charge in [0, 0.05) is 34.5 Å². The van der Waals surface area contributed by atoms with Gasteiger partial charge in [0.2, 0.25) is 11.8 Å². The Morgan fingerprint density at radius 2 is 1.54 bits per heavy atom. The number of likely N-dealkylation sites (tertiary alicyclic amines) is 1. The fourth-order valence-corrected chi connectivity index (χ4v) is 11.3. The molecule has 12 nitrogen and oxygen atoms in total. The molecule has 14 heteroatoms. The maximum Gasteiger partial charge on any atom is 0.251 e. The molecule has 3 aromatic heterocycles. The van der Waals surface area contributed by atoms with Gasteiger partial charge in [-0.25, -0.2) is 4.98 Å². The Bertz CT molecular complexity index is 2740. The maximum absolute atomic E-state index is 14.3. The van der Waals surface area contributed by atoms with E-state index < -0.39 is 35.4 Å². The Morgan fingerprint density at radius 3 is 2.21 bits per heavy atom. The number of carbonyl (C=O) groups excluding carboxylic acids is 3. The van der Waals surface area contributed by atoms with Crippen LogP contribution in [0.4, 0.5) is 0 Å². The molecule has 324 valence electrons. The number of amides is 3. The van der Waals surface area contributed by atoms with Crippen LogP contribution in [0.3, 0.4) is 0 Å². The molecule has 1 saturated heterocycles. The summed E-state index contributed by atoms with van der Waals surface area (Å²) >= 11 is 3.42. The predicted molar refractivity (Wildman–Crippen MR) is 248 cm³/mol. The number of nitrogens with zero attached hydrogens (tertiary/aromatic N) is 6. The van der Waals surface area contributed by atoms with E-state index in [4.69, 9.17) is 4.99 Å². The molecule has 3 N–H and O–H groups in total. The van der Waals surface area contributed by atoms with E-state index in [1.807, 2.05) is 94.8 Å². The zero-order valence-corrected chi connectivity index (χ0v) is 38.2. The second kappa shape index (κ2) is 16.7. The Hall–Kier alpha value is -5.83. The number of aryl methyl sites for hydroxylation is 3. The van der Waals surface area contributed by atoms with Crippen LogP contribution < -0.4 is 10.6 Å². The van der Waals surface area contributed by atoms with Gasteiger partial charge in [0.25, 0.3) is 5.91 Å². The molecule has 9 rings (SSSR count). The van der Waals surface area contributed by atoms with Gasteiger partial charge in [-0.05, 0) is 92.3 Å². The predicted octanol–water partition coefficient (Wildman–Crippen LogP) is 8.12. The molecule has 1 aliphatic carbocycles. The average Bonchev–Trinajstić information content (AvgIpc) is 4.11. The van der Waals surface area contributed by atoms with E-state index in [0.29, 0.717) is 5.56 Å². The Labute approximate surface area is 375 Å². The molecule has 3 aromatic carbocycles. The number of rotatable bonds is 9. The number of thiophene rings is 1. The number of fused-ring (bicyclic) bond motifs is 5.